The van der Waals surface area contributed by atoms with Gasteiger partial charge in [0.25, 0.3) is 0 Å². The molecule has 0 spiro atoms. The van der Waals surface area contributed by atoms with Crippen molar-refractivity contribution in [3.05, 3.63) is 48.0 Å². The van der Waals surface area contributed by atoms with E-state index in [0.717, 1.165) is 33.4 Å². The van der Waals surface area contributed by atoms with E-state index in [4.69, 9.17) is 5.73 Å². The molecule has 0 bridgehead atoms. The van der Waals surface area contributed by atoms with Gasteiger partial charge in [0, 0.05) is 11.4 Å². The van der Waals surface area contributed by atoms with Crippen molar-refractivity contribution >= 4 is 22.7 Å². The van der Waals surface area contributed by atoms with E-state index in [1.54, 1.807) is 0 Å². The highest BCUT2D eigenvalue weighted by atomic mass is 16.3. The maximum absolute atomic E-state index is 9.39. The van der Waals surface area contributed by atoms with E-state index in [0.29, 0.717) is 12.0 Å². The van der Waals surface area contributed by atoms with Gasteiger partial charge >= 0.3 is 0 Å². The van der Waals surface area contributed by atoms with E-state index in [-0.39, 0.29) is 6.61 Å². The lowest BCUT2D eigenvalue weighted by Crippen LogP contribution is -2.23. The van der Waals surface area contributed by atoms with Gasteiger partial charge in [-0.15, -0.1) is 0 Å². The summed E-state index contributed by atoms with van der Waals surface area (Å²) in [5, 5.41) is 14.0. The van der Waals surface area contributed by atoms with Crippen LogP contribution in [0, 0.1) is 0 Å². The second-order valence-corrected chi connectivity index (χ2v) is 7.00. The Balaban J connectivity index is 1.75. The summed E-state index contributed by atoms with van der Waals surface area (Å²) in [4.78, 5) is 8.86. The standard InChI is InChI=1S/C21H24N4O/c22-21-24-19-10-9-16(15-6-4-5-14(11-15)13-26)12-18(19)20(25-21)23-17-7-2-1-3-8-17/h4-6,9-12,17,26H,1-3,7-8,13H2,(H3,22,23,24,25). The van der Waals surface area contributed by atoms with Crippen molar-refractivity contribution in [1.29, 1.82) is 0 Å². The van der Waals surface area contributed by atoms with E-state index in [1.807, 2.05) is 36.4 Å². The molecule has 0 aliphatic heterocycles. The molecule has 4 rings (SSSR count). The first kappa shape index (κ1) is 16.8. The van der Waals surface area contributed by atoms with Gasteiger partial charge in [-0.1, -0.05) is 43.5 Å². The minimum Gasteiger partial charge on any atom is -0.392 e. The normalized spacial score (nSPS) is 15.3. The number of fused-ring (bicyclic) bond motifs is 1. The number of aliphatic hydroxyl groups excluding tert-OH is 1. The smallest absolute Gasteiger partial charge is 0.222 e. The van der Waals surface area contributed by atoms with Crippen LogP contribution in [0.3, 0.4) is 0 Å². The number of hydrogen-bond donors (Lipinski definition) is 3. The molecule has 1 heterocycles. The van der Waals surface area contributed by atoms with Crippen molar-refractivity contribution in [1.82, 2.24) is 9.97 Å². The molecule has 5 heteroatoms. The van der Waals surface area contributed by atoms with Crippen LogP contribution in [0.1, 0.15) is 37.7 Å². The lowest BCUT2D eigenvalue weighted by atomic mass is 9.95. The van der Waals surface area contributed by atoms with Crippen LogP contribution in [0.5, 0.6) is 0 Å². The fourth-order valence-corrected chi connectivity index (χ4v) is 3.73. The third kappa shape index (κ3) is 3.48. The van der Waals surface area contributed by atoms with Crippen LogP contribution in [-0.4, -0.2) is 21.1 Å². The van der Waals surface area contributed by atoms with Gasteiger partial charge in [0.1, 0.15) is 5.82 Å². The first-order chi connectivity index (χ1) is 12.7. The molecule has 134 valence electrons. The number of rotatable bonds is 4. The maximum Gasteiger partial charge on any atom is 0.222 e. The summed E-state index contributed by atoms with van der Waals surface area (Å²) < 4.78 is 0. The molecule has 5 nitrogen and oxygen atoms in total. The molecule has 0 atom stereocenters. The number of hydrogen-bond acceptors (Lipinski definition) is 5. The van der Waals surface area contributed by atoms with Gasteiger partial charge in [0.05, 0.1) is 12.1 Å². The average Bonchev–Trinajstić information content (AvgIpc) is 2.68. The molecule has 26 heavy (non-hydrogen) atoms. The Morgan fingerprint density at radius 3 is 2.62 bits per heavy atom. The molecule has 0 saturated heterocycles. The molecule has 0 unspecified atom stereocenters. The molecule has 1 saturated carbocycles. The zero-order chi connectivity index (χ0) is 17.9. The molecular formula is C21H24N4O. The highest BCUT2D eigenvalue weighted by Crippen LogP contribution is 2.30. The average molecular weight is 348 g/mol. The minimum atomic E-state index is 0.0373. The number of nitrogen functional groups attached to an aromatic ring is 1. The predicted molar refractivity (Wildman–Crippen MR) is 106 cm³/mol. The quantitative estimate of drug-likeness (QED) is 0.660. The summed E-state index contributed by atoms with van der Waals surface area (Å²) >= 11 is 0. The van der Waals surface area contributed by atoms with Crippen LogP contribution in [0.25, 0.3) is 22.0 Å². The number of aliphatic hydroxyl groups is 1. The zero-order valence-corrected chi connectivity index (χ0v) is 14.8. The number of aromatic nitrogens is 2. The molecule has 4 N–H and O–H groups in total. The minimum absolute atomic E-state index is 0.0373. The van der Waals surface area contributed by atoms with Crippen LogP contribution in [0.4, 0.5) is 11.8 Å². The lowest BCUT2D eigenvalue weighted by molar-refractivity contribution is 0.282. The molecule has 1 aliphatic carbocycles. The lowest BCUT2D eigenvalue weighted by Gasteiger charge is -2.24. The monoisotopic (exact) mass is 348 g/mol. The van der Waals surface area contributed by atoms with E-state index in [2.05, 4.69) is 21.4 Å². The Hall–Kier alpha value is -2.66. The van der Waals surface area contributed by atoms with Gasteiger partial charge in [0.2, 0.25) is 5.95 Å². The SMILES string of the molecule is Nc1nc(NC2CCCCC2)c2cc(-c3cccc(CO)c3)ccc2n1. The molecular weight excluding hydrogens is 324 g/mol. The molecule has 1 fully saturated rings. The van der Waals surface area contributed by atoms with Crippen molar-refractivity contribution in [2.75, 3.05) is 11.1 Å². The summed E-state index contributed by atoms with van der Waals surface area (Å²) in [6.07, 6.45) is 6.17. The Morgan fingerprint density at radius 2 is 1.81 bits per heavy atom. The first-order valence-corrected chi connectivity index (χ1v) is 9.27. The van der Waals surface area contributed by atoms with E-state index >= 15 is 0 Å². The van der Waals surface area contributed by atoms with Crippen molar-refractivity contribution in [3.63, 3.8) is 0 Å². The zero-order valence-electron chi connectivity index (χ0n) is 14.8. The van der Waals surface area contributed by atoms with E-state index in [9.17, 15) is 5.11 Å². The number of nitrogens with zero attached hydrogens (tertiary/aromatic N) is 2. The third-order valence-electron chi connectivity index (χ3n) is 5.10. The highest BCUT2D eigenvalue weighted by molar-refractivity contribution is 5.93. The molecule has 0 radical (unpaired) electrons. The molecule has 3 aromatic rings. The van der Waals surface area contributed by atoms with Crippen molar-refractivity contribution < 1.29 is 5.11 Å². The Kier molecular flexibility index (Phi) is 4.71. The van der Waals surface area contributed by atoms with Gasteiger partial charge in [-0.25, -0.2) is 4.98 Å². The summed E-state index contributed by atoms with van der Waals surface area (Å²) in [6.45, 7) is 0.0373. The number of nitrogens with two attached hydrogens (primary N) is 1. The third-order valence-corrected chi connectivity index (χ3v) is 5.10. The van der Waals surface area contributed by atoms with Gasteiger partial charge in [-0.3, -0.25) is 0 Å². The summed E-state index contributed by atoms with van der Waals surface area (Å²) in [5.41, 5.74) is 9.82. The first-order valence-electron chi connectivity index (χ1n) is 9.27. The van der Waals surface area contributed by atoms with Gasteiger partial charge < -0.3 is 16.2 Å². The van der Waals surface area contributed by atoms with Gasteiger partial charge in [0.15, 0.2) is 0 Å². The topological polar surface area (TPSA) is 84.1 Å². The van der Waals surface area contributed by atoms with Crippen LogP contribution < -0.4 is 11.1 Å². The Bertz CT molecular complexity index is 919. The Morgan fingerprint density at radius 1 is 1.00 bits per heavy atom. The van der Waals surface area contributed by atoms with Gasteiger partial charge in [-0.05, 0) is 47.7 Å². The highest BCUT2D eigenvalue weighted by Gasteiger charge is 2.16. The summed E-state index contributed by atoms with van der Waals surface area (Å²) in [7, 11) is 0. The van der Waals surface area contributed by atoms with Crippen molar-refractivity contribution in [3.8, 4) is 11.1 Å². The number of benzene rings is 2. The van der Waals surface area contributed by atoms with Crippen LogP contribution >= 0.6 is 0 Å². The number of nitrogens with one attached hydrogen (secondary N) is 1. The molecule has 1 aliphatic rings. The maximum atomic E-state index is 9.39. The summed E-state index contributed by atoms with van der Waals surface area (Å²) in [5.74, 6) is 1.12. The second kappa shape index (κ2) is 7.30. The van der Waals surface area contributed by atoms with Crippen LogP contribution in [-0.2, 0) is 6.61 Å². The molecule has 2 aromatic carbocycles. The van der Waals surface area contributed by atoms with E-state index < -0.39 is 0 Å². The van der Waals surface area contributed by atoms with Crippen LogP contribution in [0.2, 0.25) is 0 Å². The second-order valence-electron chi connectivity index (χ2n) is 7.00. The Labute approximate surface area is 153 Å². The van der Waals surface area contributed by atoms with Gasteiger partial charge in [-0.2, -0.15) is 4.98 Å². The molecule has 0 amide bonds. The fraction of sp³-hybridized carbons (Fsp3) is 0.333. The fourth-order valence-electron chi connectivity index (χ4n) is 3.73. The van der Waals surface area contributed by atoms with Crippen molar-refractivity contribution in [2.24, 2.45) is 0 Å². The van der Waals surface area contributed by atoms with Crippen molar-refractivity contribution in [2.45, 2.75) is 44.8 Å². The van der Waals surface area contributed by atoms with Crippen LogP contribution in [0.15, 0.2) is 42.5 Å². The largest absolute Gasteiger partial charge is 0.392 e. The summed E-state index contributed by atoms with van der Waals surface area (Å²) in [6, 6.07) is 14.5. The van der Waals surface area contributed by atoms with E-state index in [1.165, 1.54) is 32.1 Å². The molecule has 1 aromatic heterocycles. The predicted octanol–water partition coefficient (Wildman–Crippen LogP) is 4.12. The number of anilines is 2.